The van der Waals surface area contributed by atoms with Gasteiger partial charge >= 0.3 is 0 Å². The molecule has 0 radical (unpaired) electrons. The van der Waals surface area contributed by atoms with E-state index >= 15 is 0 Å². The molecule has 0 aliphatic carbocycles. The van der Waals surface area contributed by atoms with Crippen LogP contribution in [0.4, 0.5) is 0 Å². The highest BCUT2D eigenvalue weighted by Crippen LogP contribution is 2.20. The maximum atomic E-state index is 12.7. The summed E-state index contributed by atoms with van der Waals surface area (Å²) in [4.78, 5) is 24.0. The number of hydrogen-bond acceptors (Lipinski definition) is 4. The summed E-state index contributed by atoms with van der Waals surface area (Å²) in [6.07, 6.45) is 1.51. The van der Waals surface area contributed by atoms with Crippen LogP contribution in [0.25, 0.3) is 0 Å². The molecule has 2 aromatic rings. The second-order valence-electron chi connectivity index (χ2n) is 4.98. The van der Waals surface area contributed by atoms with Gasteiger partial charge in [-0.3, -0.25) is 4.79 Å². The van der Waals surface area contributed by atoms with Crippen LogP contribution in [0.5, 0.6) is 0 Å². The van der Waals surface area contributed by atoms with Gasteiger partial charge in [-0.05, 0) is 18.4 Å². The summed E-state index contributed by atoms with van der Waals surface area (Å²) in [5.41, 5.74) is 0.286. The van der Waals surface area contributed by atoms with Crippen LogP contribution in [-0.2, 0) is 6.54 Å². The standard InChI is InChI=1S/C15H18ClN3OS/c1-4-19(9-11-6-5-7-21-11)15(20)13-12(16)8-17-14(18-13)10(2)3/h5-8,10H,4,9H2,1-3H3. The average molecular weight is 324 g/mol. The Morgan fingerprint density at radius 2 is 2.24 bits per heavy atom. The van der Waals surface area contributed by atoms with Gasteiger partial charge in [0.25, 0.3) is 5.91 Å². The predicted molar refractivity (Wildman–Crippen MR) is 85.9 cm³/mol. The van der Waals surface area contributed by atoms with Crippen molar-refractivity contribution in [3.05, 3.63) is 45.1 Å². The number of rotatable bonds is 5. The first-order valence-corrected chi connectivity index (χ1v) is 8.12. The molecule has 0 aromatic carbocycles. The van der Waals surface area contributed by atoms with Crippen molar-refractivity contribution in [2.24, 2.45) is 0 Å². The van der Waals surface area contributed by atoms with Crippen LogP contribution in [0, 0.1) is 0 Å². The first-order chi connectivity index (χ1) is 10.0. The lowest BCUT2D eigenvalue weighted by Crippen LogP contribution is -2.31. The highest BCUT2D eigenvalue weighted by atomic mass is 35.5. The summed E-state index contributed by atoms with van der Waals surface area (Å²) in [6.45, 7) is 7.10. The summed E-state index contributed by atoms with van der Waals surface area (Å²) >= 11 is 7.74. The first kappa shape index (κ1) is 15.9. The third-order valence-electron chi connectivity index (χ3n) is 3.08. The largest absolute Gasteiger partial charge is 0.332 e. The molecule has 2 heterocycles. The monoisotopic (exact) mass is 323 g/mol. The summed E-state index contributed by atoms with van der Waals surface area (Å²) < 4.78 is 0. The molecule has 0 saturated heterocycles. The minimum atomic E-state index is -0.153. The summed E-state index contributed by atoms with van der Waals surface area (Å²) in [6, 6.07) is 3.99. The zero-order valence-corrected chi connectivity index (χ0v) is 13.9. The molecule has 2 aromatic heterocycles. The number of carbonyl (C=O) groups is 1. The molecular formula is C15H18ClN3OS. The second kappa shape index (κ2) is 7.00. The van der Waals surface area contributed by atoms with Crippen LogP contribution in [0.1, 0.15) is 47.9 Å². The lowest BCUT2D eigenvalue weighted by molar-refractivity contribution is 0.0748. The van der Waals surface area contributed by atoms with Crippen LogP contribution in [0.15, 0.2) is 23.7 Å². The second-order valence-corrected chi connectivity index (χ2v) is 6.42. The van der Waals surface area contributed by atoms with Gasteiger partial charge in [-0.15, -0.1) is 11.3 Å². The third kappa shape index (κ3) is 3.80. The van der Waals surface area contributed by atoms with E-state index in [-0.39, 0.29) is 17.5 Å². The Bertz CT molecular complexity index is 613. The summed E-state index contributed by atoms with van der Waals surface area (Å²) in [7, 11) is 0. The minimum absolute atomic E-state index is 0.153. The van der Waals surface area contributed by atoms with Crippen LogP contribution >= 0.6 is 22.9 Å². The Kier molecular flexibility index (Phi) is 5.31. The molecule has 6 heteroatoms. The highest BCUT2D eigenvalue weighted by molar-refractivity contribution is 7.09. The van der Waals surface area contributed by atoms with E-state index < -0.39 is 0 Å². The predicted octanol–water partition coefficient (Wildman–Crippen LogP) is 3.98. The van der Waals surface area contributed by atoms with Gasteiger partial charge in [0, 0.05) is 17.3 Å². The average Bonchev–Trinajstić information content (AvgIpc) is 2.97. The smallest absolute Gasteiger partial charge is 0.274 e. The van der Waals surface area contributed by atoms with Crippen molar-refractivity contribution < 1.29 is 4.79 Å². The molecule has 0 bridgehead atoms. The minimum Gasteiger partial charge on any atom is -0.332 e. The topological polar surface area (TPSA) is 46.1 Å². The molecule has 0 fully saturated rings. The molecule has 112 valence electrons. The van der Waals surface area contributed by atoms with Crippen molar-refractivity contribution in [1.82, 2.24) is 14.9 Å². The Labute approximate surface area is 133 Å². The zero-order valence-electron chi connectivity index (χ0n) is 12.3. The fourth-order valence-corrected chi connectivity index (χ4v) is 2.77. The van der Waals surface area contributed by atoms with Gasteiger partial charge in [0.1, 0.15) is 5.82 Å². The summed E-state index contributed by atoms with van der Waals surface area (Å²) in [5, 5.41) is 2.30. The van der Waals surface area contributed by atoms with E-state index in [1.807, 2.05) is 38.3 Å². The Morgan fingerprint density at radius 3 is 2.81 bits per heavy atom. The van der Waals surface area contributed by atoms with Crippen LogP contribution in [0.3, 0.4) is 0 Å². The lowest BCUT2D eigenvalue weighted by atomic mass is 10.2. The fraction of sp³-hybridized carbons (Fsp3) is 0.400. The van der Waals surface area contributed by atoms with E-state index in [1.54, 1.807) is 16.2 Å². The van der Waals surface area contributed by atoms with Gasteiger partial charge < -0.3 is 4.90 Å². The first-order valence-electron chi connectivity index (χ1n) is 6.87. The normalized spacial score (nSPS) is 10.9. The molecule has 0 spiro atoms. The van der Waals surface area contributed by atoms with Crippen molar-refractivity contribution in [2.75, 3.05) is 6.54 Å². The lowest BCUT2D eigenvalue weighted by Gasteiger charge is -2.20. The van der Waals surface area contributed by atoms with E-state index in [0.29, 0.717) is 23.9 Å². The number of aromatic nitrogens is 2. The van der Waals surface area contributed by atoms with E-state index in [1.165, 1.54) is 6.20 Å². The Balaban J connectivity index is 2.26. The Morgan fingerprint density at radius 1 is 1.48 bits per heavy atom. The molecular weight excluding hydrogens is 306 g/mol. The van der Waals surface area contributed by atoms with Crippen molar-refractivity contribution >= 4 is 28.8 Å². The quantitative estimate of drug-likeness (QED) is 0.836. The number of amides is 1. The van der Waals surface area contributed by atoms with Crippen molar-refractivity contribution in [2.45, 2.75) is 33.2 Å². The summed E-state index contributed by atoms with van der Waals surface area (Å²) in [5.74, 6) is 0.635. The van der Waals surface area contributed by atoms with Gasteiger partial charge in [0.2, 0.25) is 0 Å². The molecule has 0 saturated carbocycles. The van der Waals surface area contributed by atoms with Crippen LogP contribution in [0.2, 0.25) is 5.02 Å². The molecule has 4 nitrogen and oxygen atoms in total. The SMILES string of the molecule is CCN(Cc1cccs1)C(=O)c1nc(C(C)C)ncc1Cl. The molecule has 1 amide bonds. The molecule has 0 atom stereocenters. The van der Waals surface area contributed by atoms with Gasteiger partial charge in [-0.2, -0.15) is 0 Å². The Hall–Kier alpha value is -1.46. The van der Waals surface area contributed by atoms with Crippen LogP contribution in [-0.4, -0.2) is 27.3 Å². The van der Waals surface area contributed by atoms with Gasteiger partial charge in [0.15, 0.2) is 5.69 Å². The number of halogens is 1. The number of nitrogens with zero attached hydrogens (tertiary/aromatic N) is 3. The zero-order chi connectivity index (χ0) is 15.4. The van der Waals surface area contributed by atoms with Crippen molar-refractivity contribution in [3.8, 4) is 0 Å². The third-order valence-corrected chi connectivity index (χ3v) is 4.22. The van der Waals surface area contributed by atoms with E-state index in [9.17, 15) is 4.79 Å². The van der Waals surface area contributed by atoms with Gasteiger partial charge in [-0.1, -0.05) is 31.5 Å². The molecule has 0 aliphatic heterocycles. The fourth-order valence-electron chi connectivity index (χ4n) is 1.88. The molecule has 0 unspecified atom stereocenters. The maximum absolute atomic E-state index is 12.7. The van der Waals surface area contributed by atoms with E-state index in [0.717, 1.165) is 4.88 Å². The van der Waals surface area contributed by atoms with Crippen LogP contribution < -0.4 is 0 Å². The molecule has 2 rings (SSSR count). The number of hydrogen-bond donors (Lipinski definition) is 0. The number of carbonyl (C=O) groups excluding carboxylic acids is 1. The number of thiophene rings is 1. The molecule has 0 aliphatic rings. The van der Waals surface area contributed by atoms with Crippen molar-refractivity contribution in [3.63, 3.8) is 0 Å². The maximum Gasteiger partial charge on any atom is 0.274 e. The molecule has 21 heavy (non-hydrogen) atoms. The highest BCUT2D eigenvalue weighted by Gasteiger charge is 2.21. The van der Waals surface area contributed by atoms with Crippen molar-refractivity contribution in [1.29, 1.82) is 0 Å². The van der Waals surface area contributed by atoms with Gasteiger partial charge in [-0.25, -0.2) is 9.97 Å². The van der Waals surface area contributed by atoms with Gasteiger partial charge in [0.05, 0.1) is 17.8 Å². The molecule has 0 N–H and O–H groups in total. The van der Waals surface area contributed by atoms with E-state index in [2.05, 4.69) is 9.97 Å². The van der Waals surface area contributed by atoms with E-state index in [4.69, 9.17) is 11.6 Å².